The van der Waals surface area contributed by atoms with Gasteiger partial charge < -0.3 is 5.11 Å². The Morgan fingerprint density at radius 1 is 1.38 bits per heavy atom. The van der Waals surface area contributed by atoms with Crippen molar-refractivity contribution in [2.45, 2.75) is 26.4 Å². The third kappa shape index (κ3) is 2.04. The summed E-state index contributed by atoms with van der Waals surface area (Å²) in [5.74, 6) is 0. The van der Waals surface area contributed by atoms with Crippen LogP contribution in [0.2, 0.25) is 5.15 Å². The van der Waals surface area contributed by atoms with Gasteiger partial charge >= 0.3 is 0 Å². The van der Waals surface area contributed by atoms with Gasteiger partial charge in [-0.15, -0.1) is 0 Å². The van der Waals surface area contributed by atoms with Gasteiger partial charge in [0.15, 0.2) is 0 Å². The Morgan fingerprint density at radius 3 is 2.75 bits per heavy atom. The number of benzene rings is 1. The number of pyridine rings is 1. The van der Waals surface area contributed by atoms with E-state index in [1.807, 2.05) is 18.2 Å². The largest absolute Gasteiger partial charge is 0.389 e. The van der Waals surface area contributed by atoms with Crippen molar-refractivity contribution in [2.24, 2.45) is 0 Å². The Labute approximate surface area is 99.9 Å². The van der Waals surface area contributed by atoms with Crippen LogP contribution < -0.4 is 0 Å². The SMILES string of the molecule is CCc1ccc2nc(Cl)c([C@H](C)O)cc2c1. The van der Waals surface area contributed by atoms with Gasteiger partial charge in [0, 0.05) is 10.9 Å². The van der Waals surface area contributed by atoms with Crippen molar-refractivity contribution in [3.63, 3.8) is 0 Å². The fraction of sp³-hybridized carbons (Fsp3) is 0.308. The van der Waals surface area contributed by atoms with Gasteiger partial charge in [0.25, 0.3) is 0 Å². The van der Waals surface area contributed by atoms with Crippen molar-refractivity contribution in [1.29, 1.82) is 0 Å². The van der Waals surface area contributed by atoms with Crippen molar-refractivity contribution < 1.29 is 5.11 Å². The molecule has 16 heavy (non-hydrogen) atoms. The lowest BCUT2D eigenvalue weighted by Crippen LogP contribution is -1.95. The topological polar surface area (TPSA) is 33.1 Å². The number of nitrogens with zero attached hydrogens (tertiary/aromatic N) is 1. The molecule has 1 N–H and O–H groups in total. The number of aliphatic hydroxyl groups is 1. The number of hydrogen-bond donors (Lipinski definition) is 1. The van der Waals surface area contributed by atoms with E-state index in [2.05, 4.69) is 18.0 Å². The summed E-state index contributed by atoms with van der Waals surface area (Å²) in [7, 11) is 0. The van der Waals surface area contributed by atoms with Crippen molar-refractivity contribution in [2.75, 3.05) is 0 Å². The summed E-state index contributed by atoms with van der Waals surface area (Å²) in [6, 6.07) is 8.01. The molecule has 0 unspecified atom stereocenters. The minimum Gasteiger partial charge on any atom is -0.389 e. The summed E-state index contributed by atoms with van der Waals surface area (Å²) >= 11 is 6.00. The molecule has 0 aliphatic rings. The van der Waals surface area contributed by atoms with E-state index in [0.29, 0.717) is 10.7 Å². The lowest BCUT2D eigenvalue weighted by Gasteiger charge is -2.09. The van der Waals surface area contributed by atoms with Crippen LogP contribution in [-0.2, 0) is 6.42 Å². The van der Waals surface area contributed by atoms with Crippen molar-refractivity contribution in [3.05, 3.63) is 40.5 Å². The lowest BCUT2D eigenvalue weighted by atomic mass is 10.1. The quantitative estimate of drug-likeness (QED) is 0.809. The molecule has 1 aromatic heterocycles. The third-order valence-electron chi connectivity index (χ3n) is 2.72. The zero-order chi connectivity index (χ0) is 11.7. The van der Waals surface area contributed by atoms with Gasteiger partial charge in [0.2, 0.25) is 0 Å². The predicted molar refractivity (Wildman–Crippen MR) is 66.8 cm³/mol. The van der Waals surface area contributed by atoms with E-state index >= 15 is 0 Å². The zero-order valence-corrected chi connectivity index (χ0v) is 10.1. The summed E-state index contributed by atoms with van der Waals surface area (Å²) in [6.07, 6.45) is 0.400. The van der Waals surface area contributed by atoms with Gasteiger partial charge in [-0.1, -0.05) is 24.6 Å². The molecule has 2 aromatic rings. The maximum Gasteiger partial charge on any atom is 0.135 e. The van der Waals surface area contributed by atoms with Crippen LogP contribution >= 0.6 is 11.6 Å². The molecule has 0 amide bonds. The molecule has 0 radical (unpaired) electrons. The highest BCUT2D eigenvalue weighted by atomic mass is 35.5. The standard InChI is InChI=1S/C13H14ClNO/c1-3-9-4-5-12-10(6-9)7-11(8(2)16)13(14)15-12/h4-8,16H,3H2,1-2H3/t8-/m0/s1. The minimum atomic E-state index is -0.588. The fourth-order valence-electron chi connectivity index (χ4n) is 1.73. The second-order valence-electron chi connectivity index (χ2n) is 3.92. The lowest BCUT2D eigenvalue weighted by molar-refractivity contribution is 0.199. The van der Waals surface area contributed by atoms with Gasteiger partial charge in [0.1, 0.15) is 5.15 Å². The second-order valence-corrected chi connectivity index (χ2v) is 4.28. The third-order valence-corrected chi connectivity index (χ3v) is 3.02. The first kappa shape index (κ1) is 11.4. The van der Waals surface area contributed by atoms with E-state index in [-0.39, 0.29) is 0 Å². The number of aromatic nitrogens is 1. The van der Waals surface area contributed by atoms with Gasteiger partial charge in [-0.25, -0.2) is 4.98 Å². The highest BCUT2D eigenvalue weighted by molar-refractivity contribution is 6.30. The Hall–Kier alpha value is -1.12. The summed E-state index contributed by atoms with van der Waals surface area (Å²) in [5.41, 5.74) is 2.81. The molecular formula is C13H14ClNO. The second kappa shape index (κ2) is 4.40. The van der Waals surface area contributed by atoms with Gasteiger partial charge in [0.05, 0.1) is 11.6 Å². The average molecular weight is 236 g/mol. The average Bonchev–Trinajstić information content (AvgIpc) is 2.27. The van der Waals surface area contributed by atoms with E-state index in [1.165, 1.54) is 5.56 Å². The Kier molecular flexibility index (Phi) is 3.13. The first-order valence-electron chi connectivity index (χ1n) is 5.39. The first-order chi connectivity index (χ1) is 7.61. The normalized spacial score (nSPS) is 13.0. The molecule has 0 fully saturated rings. The van der Waals surface area contributed by atoms with Crippen LogP contribution in [0.5, 0.6) is 0 Å². The molecule has 1 heterocycles. The maximum atomic E-state index is 9.57. The van der Waals surface area contributed by atoms with Crippen LogP contribution in [0.25, 0.3) is 10.9 Å². The molecule has 3 heteroatoms. The van der Waals surface area contributed by atoms with Gasteiger partial charge in [-0.2, -0.15) is 0 Å². The number of aryl methyl sites for hydroxylation is 1. The molecule has 84 valence electrons. The van der Waals surface area contributed by atoms with Crippen LogP contribution in [0.15, 0.2) is 24.3 Å². The maximum absolute atomic E-state index is 9.57. The minimum absolute atomic E-state index is 0.381. The van der Waals surface area contributed by atoms with E-state index < -0.39 is 6.10 Å². The van der Waals surface area contributed by atoms with E-state index in [4.69, 9.17) is 11.6 Å². The van der Waals surface area contributed by atoms with Crippen molar-refractivity contribution in [1.82, 2.24) is 4.98 Å². The van der Waals surface area contributed by atoms with Crippen LogP contribution in [0.1, 0.15) is 31.1 Å². The van der Waals surface area contributed by atoms with Crippen LogP contribution in [0.4, 0.5) is 0 Å². The van der Waals surface area contributed by atoms with Crippen LogP contribution in [0.3, 0.4) is 0 Å². The molecule has 0 aliphatic carbocycles. The molecular weight excluding hydrogens is 222 g/mol. The van der Waals surface area contributed by atoms with Crippen molar-refractivity contribution >= 4 is 22.5 Å². The summed E-state index contributed by atoms with van der Waals surface area (Å²) in [5, 5.41) is 11.0. The molecule has 0 saturated heterocycles. The number of aliphatic hydroxyl groups excluding tert-OH is 1. The predicted octanol–water partition coefficient (Wildman–Crippen LogP) is 3.50. The molecule has 1 atom stereocenters. The molecule has 0 saturated carbocycles. The van der Waals surface area contributed by atoms with Crippen LogP contribution in [0, 0.1) is 0 Å². The van der Waals surface area contributed by atoms with E-state index in [1.54, 1.807) is 6.92 Å². The Bertz CT molecular complexity index is 523. The molecule has 0 aliphatic heterocycles. The fourth-order valence-corrected chi connectivity index (χ4v) is 2.04. The number of rotatable bonds is 2. The molecule has 2 nitrogen and oxygen atoms in total. The van der Waals surface area contributed by atoms with E-state index in [0.717, 1.165) is 17.3 Å². The Morgan fingerprint density at radius 2 is 2.12 bits per heavy atom. The van der Waals surface area contributed by atoms with E-state index in [9.17, 15) is 5.11 Å². The molecule has 1 aromatic carbocycles. The summed E-state index contributed by atoms with van der Waals surface area (Å²) in [6.45, 7) is 3.80. The number of halogens is 1. The smallest absolute Gasteiger partial charge is 0.135 e. The number of fused-ring (bicyclic) bond motifs is 1. The summed E-state index contributed by atoms with van der Waals surface area (Å²) < 4.78 is 0. The molecule has 0 spiro atoms. The van der Waals surface area contributed by atoms with Crippen LogP contribution in [-0.4, -0.2) is 10.1 Å². The zero-order valence-electron chi connectivity index (χ0n) is 9.37. The molecule has 2 rings (SSSR count). The van der Waals surface area contributed by atoms with Crippen molar-refractivity contribution in [3.8, 4) is 0 Å². The van der Waals surface area contributed by atoms with Gasteiger partial charge in [-0.05, 0) is 37.1 Å². The first-order valence-corrected chi connectivity index (χ1v) is 5.76. The Balaban J connectivity index is 2.65. The van der Waals surface area contributed by atoms with Gasteiger partial charge in [-0.3, -0.25) is 0 Å². The number of hydrogen-bond acceptors (Lipinski definition) is 2. The summed E-state index contributed by atoms with van der Waals surface area (Å²) in [4.78, 5) is 4.28. The molecule has 0 bridgehead atoms. The monoisotopic (exact) mass is 235 g/mol. The highest BCUT2D eigenvalue weighted by Gasteiger charge is 2.09. The highest BCUT2D eigenvalue weighted by Crippen LogP contribution is 2.26.